The van der Waals surface area contributed by atoms with Gasteiger partial charge in [-0.15, -0.1) is 5.10 Å². The number of nitrogens with zero attached hydrogens (tertiary/aromatic N) is 3. The zero-order valence-electron chi connectivity index (χ0n) is 17.3. The number of esters is 1. The number of methoxy groups -OCH3 is 2. The van der Waals surface area contributed by atoms with Gasteiger partial charge < -0.3 is 19.5 Å². The molecule has 10 nitrogen and oxygen atoms in total. The molecule has 0 aliphatic rings. The van der Waals surface area contributed by atoms with Crippen molar-refractivity contribution in [2.45, 2.75) is 26.0 Å². The van der Waals surface area contributed by atoms with E-state index in [9.17, 15) is 14.4 Å². The maximum atomic E-state index is 12.4. The van der Waals surface area contributed by atoms with E-state index in [1.165, 1.54) is 21.1 Å². The SMILES string of the molecule is COc1ccc(NC(=O)C(C)OC(=O)CCn2nnc3ccccc3c2=O)cc1OC. The van der Waals surface area contributed by atoms with Crippen LogP contribution in [0.2, 0.25) is 0 Å². The molecular formula is C21H22N4O6. The predicted molar refractivity (Wildman–Crippen MR) is 112 cm³/mol. The predicted octanol–water partition coefficient (Wildman–Crippen LogP) is 1.77. The van der Waals surface area contributed by atoms with Crippen molar-refractivity contribution in [2.24, 2.45) is 0 Å². The maximum absolute atomic E-state index is 12.4. The summed E-state index contributed by atoms with van der Waals surface area (Å²) in [5, 5.41) is 10.8. The van der Waals surface area contributed by atoms with Crippen LogP contribution < -0.4 is 20.3 Å². The topological polar surface area (TPSA) is 122 Å². The summed E-state index contributed by atoms with van der Waals surface area (Å²) in [6.07, 6.45) is -1.18. The van der Waals surface area contributed by atoms with Crippen LogP contribution in [0.25, 0.3) is 10.9 Å². The molecule has 1 aromatic heterocycles. The molecule has 0 saturated heterocycles. The number of aryl methyl sites for hydroxylation is 1. The Bertz CT molecular complexity index is 1160. The second-order valence-electron chi connectivity index (χ2n) is 6.58. The summed E-state index contributed by atoms with van der Waals surface area (Å²) in [6, 6.07) is 11.7. The summed E-state index contributed by atoms with van der Waals surface area (Å²) in [6.45, 7) is 1.44. The Kier molecular flexibility index (Phi) is 6.81. The third kappa shape index (κ3) is 5.16. The Labute approximate surface area is 177 Å². The third-order valence-corrected chi connectivity index (χ3v) is 4.49. The molecule has 1 unspecified atom stereocenters. The van der Waals surface area contributed by atoms with Crippen molar-refractivity contribution in [3.05, 3.63) is 52.8 Å². The maximum Gasteiger partial charge on any atom is 0.308 e. The molecule has 3 rings (SSSR count). The number of rotatable bonds is 8. The molecule has 1 atom stereocenters. The highest BCUT2D eigenvalue weighted by molar-refractivity contribution is 5.95. The van der Waals surface area contributed by atoms with Crippen LogP contribution in [0.1, 0.15) is 13.3 Å². The molecular weight excluding hydrogens is 404 g/mol. The van der Waals surface area contributed by atoms with Crippen molar-refractivity contribution in [3.8, 4) is 11.5 Å². The third-order valence-electron chi connectivity index (χ3n) is 4.49. The second kappa shape index (κ2) is 9.70. The van der Waals surface area contributed by atoms with E-state index in [0.29, 0.717) is 28.1 Å². The number of hydrogen-bond acceptors (Lipinski definition) is 8. The molecule has 0 radical (unpaired) electrons. The van der Waals surface area contributed by atoms with Crippen LogP contribution in [-0.4, -0.2) is 47.2 Å². The lowest BCUT2D eigenvalue weighted by Gasteiger charge is -2.15. The summed E-state index contributed by atoms with van der Waals surface area (Å²) in [7, 11) is 2.99. The van der Waals surface area contributed by atoms with Crippen LogP contribution in [0.15, 0.2) is 47.3 Å². The van der Waals surface area contributed by atoms with Gasteiger partial charge in [-0.05, 0) is 31.2 Å². The first-order valence-electron chi connectivity index (χ1n) is 9.48. The number of nitrogens with one attached hydrogen (secondary N) is 1. The van der Waals surface area contributed by atoms with Crippen LogP contribution in [0.3, 0.4) is 0 Å². The molecule has 0 aliphatic heterocycles. The van der Waals surface area contributed by atoms with Gasteiger partial charge in [0, 0.05) is 11.8 Å². The number of benzene rings is 2. The quantitative estimate of drug-likeness (QED) is 0.541. The molecule has 1 N–H and O–H groups in total. The molecule has 0 spiro atoms. The highest BCUT2D eigenvalue weighted by Gasteiger charge is 2.19. The number of aromatic nitrogens is 3. The highest BCUT2D eigenvalue weighted by atomic mass is 16.5. The minimum Gasteiger partial charge on any atom is -0.493 e. The molecule has 1 amide bonds. The fourth-order valence-corrected chi connectivity index (χ4v) is 2.83. The van der Waals surface area contributed by atoms with E-state index in [1.54, 1.807) is 42.5 Å². The van der Waals surface area contributed by atoms with E-state index in [4.69, 9.17) is 14.2 Å². The number of amides is 1. The van der Waals surface area contributed by atoms with E-state index in [0.717, 1.165) is 4.68 Å². The first-order valence-corrected chi connectivity index (χ1v) is 9.48. The molecule has 2 aromatic carbocycles. The van der Waals surface area contributed by atoms with Crippen LogP contribution in [-0.2, 0) is 20.9 Å². The standard InChI is InChI=1S/C21H22N4O6/c1-13(20(27)22-14-8-9-17(29-2)18(12-14)30-3)31-19(26)10-11-25-21(28)15-6-4-5-7-16(15)23-24-25/h4-9,12-13H,10-11H2,1-3H3,(H,22,27). The molecule has 162 valence electrons. The lowest BCUT2D eigenvalue weighted by molar-refractivity contribution is -0.153. The smallest absolute Gasteiger partial charge is 0.308 e. The Morgan fingerprint density at radius 2 is 1.84 bits per heavy atom. The van der Waals surface area contributed by atoms with Gasteiger partial charge in [0.1, 0.15) is 5.52 Å². The van der Waals surface area contributed by atoms with Crippen LogP contribution in [0.5, 0.6) is 11.5 Å². The molecule has 0 aliphatic carbocycles. The molecule has 3 aromatic rings. The van der Waals surface area contributed by atoms with Gasteiger partial charge >= 0.3 is 5.97 Å². The lowest BCUT2D eigenvalue weighted by Crippen LogP contribution is -2.31. The Hall–Kier alpha value is -3.95. The number of fused-ring (bicyclic) bond motifs is 1. The lowest BCUT2D eigenvalue weighted by atomic mass is 10.2. The molecule has 0 bridgehead atoms. The van der Waals surface area contributed by atoms with Gasteiger partial charge in [-0.25, -0.2) is 4.68 Å². The first kappa shape index (κ1) is 21.8. The summed E-state index contributed by atoms with van der Waals surface area (Å²) >= 11 is 0. The number of anilines is 1. The van der Waals surface area contributed by atoms with Crippen molar-refractivity contribution in [2.75, 3.05) is 19.5 Å². The van der Waals surface area contributed by atoms with Crippen molar-refractivity contribution in [1.29, 1.82) is 0 Å². The van der Waals surface area contributed by atoms with Gasteiger partial charge in [-0.2, -0.15) is 0 Å². The van der Waals surface area contributed by atoms with Crippen LogP contribution in [0, 0.1) is 0 Å². The summed E-state index contributed by atoms with van der Waals surface area (Å²) in [5.41, 5.74) is 0.591. The van der Waals surface area contributed by atoms with Gasteiger partial charge in [0.05, 0.1) is 32.6 Å². The van der Waals surface area contributed by atoms with E-state index >= 15 is 0 Å². The van der Waals surface area contributed by atoms with E-state index in [-0.39, 0.29) is 18.5 Å². The largest absolute Gasteiger partial charge is 0.493 e. The molecule has 0 saturated carbocycles. The monoisotopic (exact) mass is 426 g/mol. The number of carbonyl (C=O) groups is 2. The molecule has 31 heavy (non-hydrogen) atoms. The molecule has 10 heteroatoms. The van der Waals surface area contributed by atoms with Crippen molar-refractivity contribution >= 4 is 28.5 Å². The highest BCUT2D eigenvalue weighted by Crippen LogP contribution is 2.29. The van der Waals surface area contributed by atoms with Crippen molar-refractivity contribution in [1.82, 2.24) is 15.0 Å². The number of hydrogen-bond donors (Lipinski definition) is 1. The Morgan fingerprint density at radius 3 is 2.58 bits per heavy atom. The summed E-state index contributed by atoms with van der Waals surface area (Å²) in [5.74, 6) is -0.182. The molecule has 0 fully saturated rings. The zero-order chi connectivity index (χ0) is 22.4. The average Bonchev–Trinajstić information content (AvgIpc) is 2.78. The van der Waals surface area contributed by atoms with E-state index < -0.39 is 18.0 Å². The van der Waals surface area contributed by atoms with Crippen molar-refractivity contribution in [3.63, 3.8) is 0 Å². The minimum absolute atomic E-state index is 0.0144. The van der Waals surface area contributed by atoms with Gasteiger partial charge in [0.25, 0.3) is 11.5 Å². The normalized spacial score (nSPS) is 11.6. The summed E-state index contributed by atoms with van der Waals surface area (Å²) in [4.78, 5) is 36.9. The second-order valence-corrected chi connectivity index (χ2v) is 6.58. The fraction of sp³-hybridized carbons (Fsp3) is 0.286. The zero-order valence-corrected chi connectivity index (χ0v) is 17.3. The van der Waals surface area contributed by atoms with Crippen molar-refractivity contribution < 1.29 is 23.8 Å². The number of ether oxygens (including phenoxy) is 3. The Balaban J connectivity index is 1.56. The first-order chi connectivity index (χ1) is 14.9. The summed E-state index contributed by atoms with van der Waals surface area (Å²) < 4.78 is 16.6. The molecule has 1 heterocycles. The van der Waals surface area contributed by atoms with Gasteiger partial charge in [-0.1, -0.05) is 17.3 Å². The van der Waals surface area contributed by atoms with E-state index in [1.807, 2.05) is 0 Å². The van der Waals surface area contributed by atoms with Crippen LogP contribution >= 0.6 is 0 Å². The van der Waals surface area contributed by atoms with Crippen LogP contribution in [0.4, 0.5) is 5.69 Å². The Morgan fingerprint density at radius 1 is 1.10 bits per heavy atom. The van der Waals surface area contributed by atoms with Gasteiger partial charge in [-0.3, -0.25) is 14.4 Å². The fourth-order valence-electron chi connectivity index (χ4n) is 2.83. The van der Waals surface area contributed by atoms with Gasteiger partial charge in [0.2, 0.25) is 0 Å². The van der Waals surface area contributed by atoms with E-state index in [2.05, 4.69) is 15.6 Å². The average molecular weight is 426 g/mol. The van der Waals surface area contributed by atoms with Gasteiger partial charge in [0.15, 0.2) is 17.6 Å². The number of carbonyl (C=O) groups excluding carboxylic acids is 2. The minimum atomic E-state index is -1.04.